The summed E-state index contributed by atoms with van der Waals surface area (Å²) < 4.78 is 5.91. The monoisotopic (exact) mass is 219 g/mol. The van der Waals surface area contributed by atoms with Crippen LogP contribution in [0.4, 0.5) is 5.69 Å². The van der Waals surface area contributed by atoms with Crippen LogP contribution < -0.4 is 9.64 Å². The van der Waals surface area contributed by atoms with Crippen LogP contribution in [0.1, 0.15) is 38.2 Å². The van der Waals surface area contributed by atoms with Crippen molar-refractivity contribution in [1.29, 1.82) is 0 Å². The summed E-state index contributed by atoms with van der Waals surface area (Å²) in [5.74, 6) is 1.59. The minimum Gasteiger partial charge on any atom is -0.488 e. The van der Waals surface area contributed by atoms with Gasteiger partial charge in [0.2, 0.25) is 0 Å². The molecule has 1 aliphatic rings. The number of hydrogen-bond donors (Lipinski definition) is 0. The minimum atomic E-state index is 0.462. The summed E-state index contributed by atoms with van der Waals surface area (Å²) in [5.41, 5.74) is 2.56. The standard InChI is InChI=1S/C14H21NO/c1-10(2)11-5-8-14(16-12-6-7-12)13(9-11)15(3)4/h5,8-10,12H,6-7H2,1-4H3. The third-order valence-corrected chi connectivity index (χ3v) is 2.95. The first kappa shape index (κ1) is 11.3. The second-order valence-electron chi connectivity index (χ2n) is 5.09. The molecule has 0 radical (unpaired) electrons. The first-order valence-corrected chi connectivity index (χ1v) is 6.06. The van der Waals surface area contributed by atoms with Gasteiger partial charge in [-0.05, 0) is 36.5 Å². The number of hydrogen-bond acceptors (Lipinski definition) is 2. The summed E-state index contributed by atoms with van der Waals surface area (Å²) in [6.07, 6.45) is 2.88. The summed E-state index contributed by atoms with van der Waals surface area (Å²) in [5, 5.41) is 0. The lowest BCUT2D eigenvalue weighted by Gasteiger charge is -2.20. The van der Waals surface area contributed by atoms with E-state index in [1.807, 2.05) is 0 Å². The van der Waals surface area contributed by atoms with E-state index in [0.717, 1.165) is 5.75 Å². The Hall–Kier alpha value is -1.18. The minimum absolute atomic E-state index is 0.462. The van der Waals surface area contributed by atoms with Crippen molar-refractivity contribution in [1.82, 2.24) is 0 Å². The Morgan fingerprint density at radius 2 is 1.94 bits per heavy atom. The van der Waals surface area contributed by atoms with Crippen LogP contribution >= 0.6 is 0 Å². The van der Waals surface area contributed by atoms with Crippen molar-refractivity contribution in [2.24, 2.45) is 0 Å². The van der Waals surface area contributed by atoms with E-state index in [1.165, 1.54) is 24.1 Å². The molecule has 1 aromatic rings. The van der Waals surface area contributed by atoms with Crippen LogP contribution in [0.25, 0.3) is 0 Å². The Kier molecular flexibility index (Phi) is 3.08. The average molecular weight is 219 g/mol. The molecule has 0 spiro atoms. The number of benzene rings is 1. The van der Waals surface area contributed by atoms with Gasteiger partial charge < -0.3 is 9.64 Å². The summed E-state index contributed by atoms with van der Waals surface area (Å²) in [4.78, 5) is 2.13. The van der Waals surface area contributed by atoms with Gasteiger partial charge in [-0.15, -0.1) is 0 Å². The summed E-state index contributed by atoms with van der Waals surface area (Å²) in [7, 11) is 4.14. The van der Waals surface area contributed by atoms with E-state index in [0.29, 0.717) is 12.0 Å². The molecule has 1 fully saturated rings. The molecule has 0 heterocycles. The third-order valence-electron chi connectivity index (χ3n) is 2.95. The van der Waals surface area contributed by atoms with Crippen molar-refractivity contribution in [3.8, 4) is 5.75 Å². The molecular weight excluding hydrogens is 198 g/mol. The van der Waals surface area contributed by atoms with Crippen LogP contribution in [0.15, 0.2) is 18.2 Å². The van der Waals surface area contributed by atoms with Crippen molar-refractivity contribution >= 4 is 5.69 Å². The molecule has 1 saturated carbocycles. The summed E-state index contributed by atoms with van der Waals surface area (Å²) in [6, 6.07) is 6.53. The van der Waals surface area contributed by atoms with E-state index in [-0.39, 0.29) is 0 Å². The maximum absolute atomic E-state index is 5.91. The molecule has 2 rings (SSSR count). The van der Waals surface area contributed by atoms with E-state index in [1.54, 1.807) is 0 Å². The Morgan fingerprint density at radius 1 is 1.25 bits per heavy atom. The van der Waals surface area contributed by atoms with Gasteiger partial charge in [0.1, 0.15) is 5.75 Å². The maximum atomic E-state index is 5.91. The SMILES string of the molecule is CC(C)c1ccc(OC2CC2)c(N(C)C)c1. The fraction of sp³-hybridized carbons (Fsp3) is 0.571. The molecular formula is C14H21NO. The summed E-state index contributed by atoms with van der Waals surface area (Å²) in [6.45, 7) is 4.44. The highest BCUT2D eigenvalue weighted by molar-refractivity contribution is 5.59. The Bertz CT molecular complexity index is 367. The molecule has 1 aliphatic carbocycles. The van der Waals surface area contributed by atoms with Gasteiger partial charge in [0.15, 0.2) is 0 Å². The summed E-state index contributed by atoms with van der Waals surface area (Å²) >= 11 is 0. The Labute approximate surface area is 98.2 Å². The maximum Gasteiger partial charge on any atom is 0.143 e. The zero-order valence-corrected chi connectivity index (χ0v) is 10.7. The van der Waals surface area contributed by atoms with Crippen LogP contribution in [0.5, 0.6) is 5.75 Å². The molecule has 0 aromatic heterocycles. The number of anilines is 1. The van der Waals surface area contributed by atoms with Gasteiger partial charge in [-0.1, -0.05) is 19.9 Å². The Balaban J connectivity index is 2.28. The van der Waals surface area contributed by atoms with Gasteiger partial charge in [0, 0.05) is 14.1 Å². The number of rotatable bonds is 4. The van der Waals surface area contributed by atoms with Crippen LogP contribution in [-0.4, -0.2) is 20.2 Å². The van der Waals surface area contributed by atoms with Crippen molar-refractivity contribution in [2.45, 2.75) is 38.7 Å². The van der Waals surface area contributed by atoms with E-state index < -0.39 is 0 Å². The van der Waals surface area contributed by atoms with Crippen LogP contribution in [0.3, 0.4) is 0 Å². The molecule has 0 bridgehead atoms. The van der Waals surface area contributed by atoms with Crippen molar-refractivity contribution in [3.05, 3.63) is 23.8 Å². The van der Waals surface area contributed by atoms with Crippen molar-refractivity contribution in [2.75, 3.05) is 19.0 Å². The second kappa shape index (κ2) is 4.36. The third kappa shape index (κ3) is 2.49. The van der Waals surface area contributed by atoms with Gasteiger partial charge in [-0.3, -0.25) is 0 Å². The fourth-order valence-corrected chi connectivity index (χ4v) is 1.71. The molecule has 0 N–H and O–H groups in total. The lowest BCUT2D eigenvalue weighted by molar-refractivity contribution is 0.304. The quantitative estimate of drug-likeness (QED) is 0.769. The van der Waals surface area contributed by atoms with E-state index in [9.17, 15) is 0 Å². The van der Waals surface area contributed by atoms with Crippen LogP contribution in [0, 0.1) is 0 Å². The molecule has 0 saturated heterocycles. The predicted molar refractivity (Wildman–Crippen MR) is 68.5 cm³/mol. The van der Waals surface area contributed by atoms with E-state index >= 15 is 0 Å². The largest absolute Gasteiger partial charge is 0.488 e. The molecule has 2 heteroatoms. The van der Waals surface area contributed by atoms with Gasteiger partial charge in [0.25, 0.3) is 0 Å². The predicted octanol–water partition coefficient (Wildman–Crippen LogP) is 3.42. The molecule has 88 valence electrons. The van der Waals surface area contributed by atoms with Gasteiger partial charge >= 0.3 is 0 Å². The molecule has 0 atom stereocenters. The smallest absolute Gasteiger partial charge is 0.143 e. The highest BCUT2D eigenvalue weighted by atomic mass is 16.5. The normalized spacial score (nSPS) is 15.3. The molecule has 0 amide bonds. The van der Waals surface area contributed by atoms with Crippen molar-refractivity contribution < 1.29 is 4.74 Å². The first-order chi connectivity index (χ1) is 7.58. The topological polar surface area (TPSA) is 12.5 Å². The van der Waals surface area contributed by atoms with Gasteiger partial charge in [0.05, 0.1) is 11.8 Å². The van der Waals surface area contributed by atoms with E-state index in [2.05, 4.69) is 51.0 Å². The first-order valence-electron chi connectivity index (χ1n) is 6.06. The average Bonchev–Trinajstić information content (AvgIpc) is 3.01. The Morgan fingerprint density at radius 3 is 2.44 bits per heavy atom. The lowest BCUT2D eigenvalue weighted by Crippen LogP contribution is -2.12. The number of ether oxygens (including phenoxy) is 1. The van der Waals surface area contributed by atoms with Gasteiger partial charge in [-0.25, -0.2) is 0 Å². The zero-order chi connectivity index (χ0) is 11.7. The molecule has 1 aromatic carbocycles. The molecule has 2 nitrogen and oxygen atoms in total. The fourth-order valence-electron chi connectivity index (χ4n) is 1.71. The van der Waals surface area contributed by atoms with Gasteiger partial charge in [-0.2, -0.15) is 0 Å². The highest BCUT2D eigenvalue weighted by Crippen LogP contribution is 2.35. The van der Waals surface area contributed by atoms with Crippen molar-refractivity contribution in [3.63, 3.8) is 0 Å². The highest BCUT2D eigenvalue weighted by Gasteiger charge is 2.25. The zero-order valence-electron chi connectivity index (χ0n) is 10.7. The second-order valence-corrected chi connectivity index (χ2v) is 5.09. The lowest BCUT2D eigenvalue weighted by atomic mass is 10.0. The van der Waals surface area contributed by atoms with Crippen LogP contribution in [0.2, 0.25) is 0 Å². The molecule has 0 unspecified atom stereocenters. The van der Waals surface area contributed by atoms with Crippen LogP contribution in [-0.2, 0) is 0 Å². The molecule has 16 heavy (non-hydrogen) atoms. The molecule has 0 aliphatic heterocycles. The number of nitrogens with zero attached hydrogens (tertiary/aromatic N) is 1. The van der Waals surface area contributed by atoms with E-state index in [4.69, 9.17) is 4.74 Å².